The van der Waals surface area contributed by atoms with Gasteiger partial charge in [-0.3, -0.25) is 0 Å². The highest BCUT2D eigenvalue weighted by atomic mass is 35.5. The molecule has 0 unspecified atom stereocenters. The van der Waals surface area contributed by atoms with Gasteiger partial charge < -0.3 is 4.74 Å². The molecule has 0 radical (unpaired) electrons. The van der Waals surface area contributed by atoms with Crippen molar-refractivity contribution in [2.75, 3.05) is 0 Å². The Labute approximate surface area is 138 Å². The molecule has 0 amide bonds. The number of esters is 1. The second kappa shape index (κ2) is 7.57. The van der Waals surface area contributed by atoms with E-state index in [0.717, 1.165) is 5.56 Å². The predicted molar refractivity (Wildman–Crippen MR) is 86.0 cm³/mol. The first-order valence-electron chi connectivity index (χ1n) is 6.79. The fourth-order valence-electron chi connectivity index (χ4n) is 1.85. The van der Waals surface area contributed by atoms with Gasteiger partial charge in [0.25, 0.3) is 0 Å². The normalized spacial score (nSPS) is 11.0. The second-order valence-electron chi connectivity index (χ2n) is 4.86. The summed E-state index contributed by atoms with van der Waals surface area (Å²) in [4.78, 5) is 12.0. The fraction of sp³-hybridized carbons (Fsp3) is 0.111. The van der Waals surface area contributed by atoms with Gasteiger partial charge in [0.15, 0.2) is 0 Å². The zero-order valence-electron chi connectivity index (χ0n) is 12.3. The maximum atomic E-state index is 13.6. The van der Waals surface area contributed by atoms with Gasteiger partial charge >= 0.3 is 5.97 Å². The van der Waals surface area contributed by atoms with Crippen LogP contribution in [0.3, 0.4) is 0 Å². The van der Waals surface area contributed by atoms with E-state index in [9.17, 15) is 9.18 Å². The topological polar surface area (TPSA) is 50.1 Å². The number of aryl methyl sites for hydroxylation is 1. The van der Waals surface area contributed by atoms with Gasteiger partial charge in [0.05, 0.1) is 5.02 Å². The number of halogens is 2. The van der Waals surface area contributed by atoms with Gasteiger partial charge in [0, 0.05) is 5.56 Å². The Morgan fingerprint density at radius 2 is 2.00 bits per heavy atom. The summed E-state index contributed by atoms with van der Waals surface area (Å²) in [5.74, 6) is -1.39. The van der Waals surface area contributed by atoms with Crippen LogP contribution in [-0.4, -0.2) is 5.97 Å². The number of carbonyl (C=O) groups is 1. The van der Waals surface area contributed by atoms with Crippen molar-refractivity contribution >= 4 is 23.6 Å². The van der Waals surface area contributed by atoms with Gasteiger partial charge in [-0.05, 0) is 30.7 Å². The quantitative estimate of drug-likeness (QED) is 0.473. The van der Waals surface area contributed by atoms with E-state index in [-0.39, 0.29) is 22.8 Å². The van der Waals surface area contributed by atoms with E-state index in [0.29, 0.717) is 5.56 Å². The van der Waals surface area contributed by atoms with Crippen molar-refractivity contribution in [3.63, 3.8) is 0 Å². The number of benzene rings is 2. The third-order valence-corrected chi connectivity index (χ3v) is 3.49. The summed E-state index contributed by atoms with van der Waals surface area (Å²) in [6.45, 7) is 1.60. The summed E-state index contributed by atoms with van der Waals surface area (Å²) in [5.41, 5.74) is 1.68. The van der Waals surface area contributed by atoms with Crippen LogP contribution in [0.1, 0.15) is 16.7 Å². The van der Waals surface area contributed by atoms with Crippen LogP contribution in [0.4, 0.5) is 4.39 Å². The molecule has 0 atom stereocenters. The van der Waals surface area contributed by atoms with Gasteiger partial charge in [-0.1, -0.05) is 47.5 Å². The summed E-state index contributed by atoms with van der Waals surface area (Å²) in [5, 5.41) is 9.27. The van der Waals surface area contributed by atoms with Crippen molar-refractivity contribution in [2.45, 2.75) is 13.5 Å². The van der Waals surface area contributed by atoms with E-state index in [2.05, 4.69) is 0 Å². The van der Waals surface area contributed by atoms with Crippen molar-refractivity contribution in [2.24, 2.45) is 0 Å². The molecule has 0 aromatic heterocycles. The first-order valence-corrected chi connectivity index (χ1v) is 7.17. The average Bonchev–Trinajstić information content (AvgIpc) is 2.53. The van der Waals surface area contributed by atoms with Crippen molar-refractivity contribution in [1.29, 1.82) is 5.26 Å². The minimum atomic E-state index is -0.826. The van der Waals surface area contributed by atoms with Gasteiger partial charge in [-0.2, -0.15) is 5.26 Å². The minimum Gasteiger partial charge on any atom is -0.457 e. The summed E-state index contributed by atoms with van der Waals surface area (Å²) >= 11 is 5.86. The molecule has 0 aliphatic heterocycles. The van der Waals surface area contributed by atoms with Gasteiger partial charge in [-0.15, -0.1) is 0 Å². The summed E-state index contributed by atoms with van der Waals surface area (Å²) in [7, 11) is 0. The van der Waals surface area contributed by atoms with Gasteiger partial charge in [0.2, 0.25) is 0 Å². The first kappa shape index (κ1) is 16.7. The molecule has 0 fully saturated rings. The molecule has 23 heavy (non-hydrogen) atoms. The predicted octanol–water partition coefficient (Wildman–Crippen LogP) is 4.44. The van der Waals surface area contributed by atoms with E-state index in [1.165, 1.54) is 24.3 Å². The zero-order valence-corrected chi connectivity index (χ0v) is 13.1. The molecule has 2 rings (SSSR count). The number of rotatable bonds is 4. The highest BCUT2D eigenvalue weighted by molar-refractivity contribution is 6.31. The third-order valence-electron chi connectivity index (χ3n) is 3.14. The Hall–Kier alpha value is -2.64. The molecule has 0 heterocycles. The minimum absolute atomic E-state index is 0.0788. The molecule has 2 aromatic rings. The monoisotopic (exact) mass is 329 g/mol. The Balaban J connectivity index is 2.12. The van der Waals surface area contributed by atoms with Crippen LogP contribution in [0, 0.1) is 24.1 Å². The van der Waals surface area contributed by atoms with E-state index in [1.807, 2.05) is 19.1 Å². The van der Waals surface area contributed by atoms with Gasteiger partial charge in [-0.25, -0.2) is 9.18 Å². The number of ether oxygens (including phenoxy) is 1. The lowest BCUT2D eigenvalue weighted by atomic mass is 10.1. The maximum absolute atomic E-state index is 13.6. The van der Waals surface area contributed by atoms with E-state index in [4.69, 9.17) is 21.6 Å². The maximum Gasteiger partial charge on any atom is 0.349 e. The van der Waals surface area contributed by atoms with E-state index < -0.39 is 11.8 Å². The lowest BCUT2D eigenvalue weighted by molar-refractivity contribution is -0.139. The van der Waals surface area contributed by atoms with E-state index >= 15 is 0 Å². The van der Waals surface area contributed by atoms with E-state index in [1.54, 1.807) is 18.2 Å². The fourth-order valence-corrected chi connectivity index (χ4v) is 2.07. The summed E-state index contributed by atoms with van der Waals surface area (Å²) < 4.78 is 18.6. The summed E-state index contributed by atoms with van der Waals surface area (Å²) in [6, 6.07) is 13.3. The molecule has 0 aliphatic rings. The molecule has 0 saturated heterocycles. The third kappa shape index (κ3) is 4.41. The van der Waals surface area contributed by atoms with Crippen LogP contribution in [0.2, 0.25) is 5.02 Å². The Morgan fingerprint density at radius 1 is 1.30 bits per heavy atom. The molecule has 0 N–H and O–H groups in total. The lowest BCUT2D eigenvalue weighted by Gasteiger charge is -2.07. The molecule has 2 aromatic carbocycles. The molecular weight excluding hydrogens is 317 g/mol. The SMILES string of the molecule is Cc1ccc(/C=C(\C#N)C(=O)OCc2c(F)cccc2Cl)cc1. The van der Waals surface area contributed by atoms with Crippen LogP contribution in [-0.2, 0) is 16.1 Å². The standard InChI is InChI=1S/C18H13ClFNO2/c1-12-5-7-13(8-6-12)9-14(10-21)18(22)23-11-15-16(19)3-2-4-17(15)20/h2-9H,11H2,1H3/b14-9+. The number of nitrogens with zero attached hydrogens (tertiary/aromatic N) is 1. The number of hydrogen-bond acceptors (Lipinski definition) is 3. The lowest BCUT2D eigenvalue weighted by Crippen LogP contribution is -2.08. The Kier molecular flexibility index (Phi) is 5.51. The van der Waals surface area contributed by atoms with Crippen LogP contribution in [0.5, 0.6) is 0 Å². The molecule has 0 saturated carbocycles. The Bertz CT molecular complexity index is 771. The molecule has 0 spiro atoms. The van der Waals surface area contributed by atoms with Crippen LogP contribution < -0.4 is 0 Å². The zero-order chi connectivity index (χ0) is 16.8. The highest BCUT2D eigenvalue weighted by Gasteiger charge is 2.14. The van der Waals surface area contributed by atoms with Crippen molar-refractivity contribution < 1.29 is 13.9 Å². The molecule has 116 valence electrons. The van der Waals surface area contributed by atoms with Crippen LogP contribution in [0.15, 0.2) is 48.0 Å². The molecule has 3 nitrogen and oxygen atoms in total. The number of carbonyl (C=O) groups excluding carboxylic acids is 1. The average molecular weight is 330 g/mol. The number of nitriles is 1. The molecule has 0 aliphatic carbocycles. The molecule has 5 heteroatoms. The van der Waals surface area contributed by atoms with Crippen molar-refractivity contribution in [1.82, 2.24) is 0 Å². The van der Waals surface area contributed by atoms with Crippen LogP contribution in [0.25, 0.3) is 6.08 Å². The molecular formula is C18H13ClFNO2. The van der Waals surface area contributed by atoms with Gasteiger partial charge in [0.1, 0.15) is 24.1 Å². The molecule has 0 bridgehead atoms. The van der Waals surface area contributed by atoms with Crippen molar-refractivity contribution in [3.8, 4) is 6.07 Å². The van der Waals surface area contributed by atoms with Crippen LogP contribution >= 0.6 is 11.6 Å². The highest BCUT2D eigenvalue weighted by Crippen LogP contribution is 2.20. The largest absolute Gasteiger partial charge is 0.457 e. The Morgan fingerprint density at radius 3 is 2.61 bits per heavy atom. The smallest absolute Gasteiger partial charge is 0.349 e. The first-order chi connectivity index (χ1) is 11.0. The summed E-state index contributed by atoms with van der Waals surface area (Å²) in [6.07, 6.45) is 1.42. The van der Waals surface area contributed by atoms with Crippen molar-refractivity contribution in [3.05, 3.63) is 75.6 Å². The number of hydrogen-bond donors (Lipinski definition) is 0. The second-order valence-corrected chi connectivity index (χ2v) is 5.26.